The van der Waals surface area contributed by atoms with Gasteiger partial charge in [-0.15, -0.1) is 0 Å². The maximum absolute atomic E-state index is 12.6. The molecule has 2 heterocycles. The molecular weight excluding hydrogens is 350 g/mol. The Morgan fingerprint density at radius 1 is 0.962 bits per heavy atom. The number of ether oxygens (including phenoxy) is 1. The van der Waals surface area contributed by atoms with Crippen LogP contribution in [0.3, 0.4) is 0 Å². The Morgan fingerprint density at radius 3 is 2.35 bits per heavy atom. The molecule has 0 radical (unpaired) electrons. The lowest BCUT2D eigenvalue weighted by Crippen LogP contribution is -2.44. The summed E-state index contributed by atoms with van der Waals surface area (Å²) < 4.78 is 32.3. The number of carbonyl (C=O) groups is 1. The molecule has 1 fully saturated rings. The highest BCUT2D eigenvalue weighted by Gasteiger charge is 2.48. The van der Waals surface area contributed by atoms with Crippen molar-refractivity contribution < 1.29 is 17.9 Å². The van der Waals surface area contributed by atoms with Gasteiger partial charge in [0, 0.05) is 36.9 Å². The van der Waals surface area contributed by atoms with E-state index < -0.39 is 15.6 Å². The van der Waals surface area contributed by atoms with Crippen LogP contribution in [0.25, 0.3) is 6.08 Å². The maximum Gasteiger partial charge on any atom is 0.339 e. The first kappa shape index (κ1) is 17.0. The number of nitrogens with zero attached hydrogens (tertiary/aromatic N) is 1. The molecule has 26 heavy (non-hydrogen) atoms. The average Bonchev–Trinajstić information content (AvgIpc) is 2.94. The molecule has 1 saturated heterocycles. The highest BCUT2D eigenvalue weighted by molar-refractivity contribution is 7.92. The molecule has 4 rings (SSSR count). The van der Waals surface area contributed by atoms with E-state index in [1.807, 2.05) is 48.5 Å². The summed E-state index contributed by atoms with van der Waals surface area (Å²) in [5.74, 6) is -0.319. The van der Waals surface area contributed by atoms with Gasteiger partial charge in [0.15, 0.2) is 0 Å². The number of sulfonamides is 1. The molecule has 2 aromatic carbocycles. The second kappa shape index (κ2) is 6.37. The van der Waals surface area contributed by atoms with Crippen molar-refractivity contribution in [1.82, 2.24) is 4.31 Å². The summed E-state index contributed by atoms with van der Waals surface area (Å²) in [6.07, 6.45) is 2.53. The Balaban J connectivity index is 1.51. The number of carbonyl (C=O) groups excluding carboxylic acids is 1. The summed E-state index contributed by atoms with van der Waals surface area (Å²) in [4.78, 5) is 12.1. The maximum atomic E-state index is 12.6. The third kappa shape index (κ3) is 2.95. The van der Waals surface area contributed by atoms with Crippen LogP contribution in [0.1, 0.15) is 34.3 Å². The Morgan fingerprint density at radius 2 is 1.62 bits per heavy atom. The van der Waals surface area contributed by atoms with E-state index >= 15 is 0 Å². The van der Waals surface area contributed by atoms with Gasteiger partial charge in [0.05, 0.1) is 5.56 Å². The highest BCUT2D eigenvalue weighted by Crippen LogP contribution is 2.44. The molecule has 0 atom stereocenters. The largest absolute Gasteiger partial charge is 0.450 e. The van der Waals surface area contributed by atoms with Crippen molar-refractivity contribution in [2.24, 2.45) is 0 Å². The van der Waals surface area contributed by atoms with Gasteiger partial charge in [-0.2, -0.15) is 4.31 Å². The Bertz CT molecular complexity index is 958. The third-order valence-electron chi connectivity index (χ3n) is 5.05. The van der Waals surface area contributed by atoms with Crippen LogP contribution in [0.2, 0.25) is 0 Å². The molecule has 134 valence electrons. The lowest BCUT2D eigenvalue weighted by atomic mass is 9.84. The second-order valence-corrected chi connectivity index (χ2v) is 8.41. The van der Waals surface area contributed by atoms with Gasteiger partial charge in [-0.25, -0.2) is 13.2 Å². The van der Waals surface area contributed by atoms with Gasteiger partial charge in [0.1, 0.15) is 5.60 Å². The first-order valence-electron chi connectivity index (χ1n) is 8.56. The van der Waals surface area contributed by atoms with Crippen LogP contribution < -0.4 is 0 Å². The SMILES string of the molecule is O=C1OC2(CCN(S(=O)(=O)/C=C/c3ccccc3)CC2)c2ccccc21. The van der Waals surface area contributed by atoms with Gasteiger partial charge in [-0.1, -0.05) is 48.5 Å². The van der Waals surface area contributed by atoms with Crippen molar-refractivity contribution in [3.63, 3.8) is 0 Å². The quantitative estimate of drug-likeness (QED) is 0.780. The van der Waals surface area contributed by atoms with E-state index in [0.29, 0.717) is 31.5 Å². The third-order valence-corrected chi connectivity index (χ3v) is 6.61. The number of hydrogen-bond donors (Lipinski definition) is 0. The fraction of sp³-hybridized carbons (Fsp3) is 0.250. The van der Waals surface area contributed by atoms with Crippen LogP contribution in [-0.4, -0.2) is 31.8 Å². The van der Waals surface area contributed by atoms with Crippen LogP contribution in [0.5, 0.6) is 0 Å². The standard InChI is InChI=1S/C20H19NO4S/c22-19-17-8-4-5-9-18(17)20(25-19)11-13-21(14-12-20)26(23,24)15-10-16-6-2-1-3-7-16/h1-10,15H,11-14H2/b15-10+. The number of rotatable bonds is 3. The Labute approximate surface area is 153 Å². The van der Waals surface area contributed by atoms with E-state index in [1.54, 1.807) is 12.1 Å². The summed E-state index contributed by atoms with van der Waals surface area (Å²) in [7, 11) is -3.51. The molecule has 0 bridgehead atoms. The zero-order chi connectivity index (χ0) is 18.2. The fourth-order valence-electron chi connectivity index (χ4n) is 3.63. The molecule has 2 aliphatic rings. The van der Waals surface area contributed by atoms with Crippen molar-refractivity contribution in [2.75, 3.05) is 13.1 Å². The molecule has 2 aromatic rings. The number of hydrogen-bond acceptors (Lipinski definition) is 4. The van der Waals surface area contributed by atoms with Crippen molar-refractivity contribution in [2.45, 2.75) is 18.4 Å². The smallest absolute Gasteiger partial charge is 0.339 e. The van der Waals surface area contributed by atoms with Crippen LogP contribution in [0.15, 0.2) is 60.0 Å². The monoisotopic (exact) mass is 369 g/mol. The number of piperidine rings is 1. The van der Waals surface area contributed by atoms with Crippen LogP contribution >= 0.6 is 0 Å². The van der Waals surface area contributed by atoms with E-state index in [2.05, 4.69) is 0 Å². The molecule has 0 aliphatic carbocycles. The normalized spacial score (nSPS) is 19.6. The fourth-order valence-corrected chi connectivity index (χ4v) is 4.83. The number of fused-ring (bicyclic) bond motifs is 2. The average molecular weight is 369 g/mol. The van der Waals surface area contributed by atoms with Gasteiger partial charge in [-0.3, -0.25) is 0 Å². The molecule has 0 amide bonds. The summed E-state index contributed by atoms with van der Waals surface area (Å²) in [6.45, 7) is 0.645. The van der Waals surface area contributed by atoms with Crippen molar-refractivity contribution in [3.05, 3.63) is 76.7 Å². The molecule has 0 N–H and O–H groups in total. The molecule has 0 saturated carbocycles. The minimum absolute atomic E-state index is 0.319. The predicted molar refractivity (Wildman–Crippen MR) is 98.7 cm³/mol. The summed E-state index contributed by atoms with van der Waals surface area (Å²) in [5, 5.41) is 1.24. The highest BCUT2D eigenvalue weighted by atomic mass is 32.2. The van der Waals surface area contributed by atoms with Crippen molar-refractivity contribution >= 4 is 22.1 Å². The topological polar surface area (TPSA) is 63.7 Å². The van der Waals surface area contributed by atoms with E-state index in [1.165, 1.54) is 9.71 Å². The Hall–Kier alpha value is -2.44. The summed E-state index contributed by atoms with van der Waals surface area (Å²) >= 11 is 0. The van der Waals surface area contributed by atoms with Gasteiger partial charge in [0.25, 0.3) is 0 Å². The van der Waals surface area contributed by atoms with Gasteiger partial charge < -0.3 is 4.74 Å². The molecule has 6 heteroatoms. The minimum atomic E-state index is -3.51. The zero-order valence-corrected chi connectivity index (χ0v) is 15.0. The lowest BCUT2D eigenvalue weighted by Gasteiger charge is -2.37. The summed E-state index contributed by atoms with van der Waals surface area (Å²) in [6, 6.07) is 16.7. The first-order valence-corrected chi connectivity index (χ1v) is 10.1. The van der Waals surface area contributed by atoms with Crippen molar-refractivity contribution in [1.29, 1.82) is 0 Å². The van der Waals surface area contributed by atoms with Crippen molar-refractivity contribution in [3.8, 4) is 0 Å². The predicted octanol–water partition coefficient (Wildman–Crippen LogP) is 3.15. The number of esters is 1. The molecule has 5 nitrogen and oxygen atoms in total. The summed E-state index contributed by atoms with van der Waals surface area (Å²) in [5.41, 5.74) is 1.61. The van der Waals surface area contributed by atoms with Crippen LogP contribution in [-0.2, 0) is 20.4 Å². The zero-order valence-electron chi connectivity index (χ0n) is 14.2. The van der Waals surface area contributed by atoms with Crippen LogP contribution in [0.4, 0.5) is 0 Å². The van der Waals surface area contributed by atoms with Gasteiger partial charge >= 0.3 is 5.97 Å². The molecular formula is C20H19NO4S. The first-order chi connectivity index (χ1) is 12.5. The van der Waals surface area contributed by atoms with Gasteiger partial charge in [0.2, 0.25) is 10.0 Å². The van der Waals surface area contributed by atoms with E-state index in [9.17, 15) is 13.2 Å². The van der Waals surface area contributed by atoms with Gasteiger partial charge in [-0.05, 0) is 17.7 Å². The molecule has 0 unspecified atom stereocenters. The second-order valence-electron chi connectivity index (χ2n) is 6.59. The lowest BCUT2D eigenvalue weighted by molar-refractivity contribution is -0.0328. The Kier molecular flexibility index (Phi) is 4.17. The molecule has 1 spiro atoms. The molecule has 2 aliphatic heterocycles. The molecule has 0 aromatic heterocycles. The van der Waals surface area contributed by atoms with E-state index in [4.69, 9.17) is 4.74 Å². The number of benzene rings is 2. The van der Waals surface area contributed by atoms with Crippen LogP contribution in [0, 0.1) is 0 Å². The van der Waals surface area contributed by atoms with E-state index in [-0.39, 0.29) is 5.97 Å². The minimum Gasteiger partial charge on any atom is -0.450 e. The van der Waals surface area contributed by atoms with E-state index in [0.717, 1.165) is 11.1 Å².